The molecular weight excluding hydrogens is 257 g/mol. The van der Waals surface area contributed by atoms with Gasteiger partial charge < -0.3 is 10.4 Å². The number of carboxylic acid groups (broad SMARTS) is 1. The average Bonchev–Trinajstić information content (AvgIpc) is 2.46. The van der Waals surface area contributed by atoms with E-state index < -0.39 is 12.0 Å². The lowest BCUT2D eigenvalue weighted by atomic mass is 10.1. The molecule has 2 aromatic rings. The third kappa shape index (κ3) is 4.17. The number of aliphatic carboxylic acids is 1. The molecule has 3 nitrogen and oxygen atoms in total. The van der Waals surface area contributed by atoms with Crippen molar-refractivity contribution in [1.29, 1.82) is 0 Å². The van der Waals surface area contributed by atoms with Gasteiger partial charge in [-0.15, -0.1) is 0 Å². The van der Waals surface area contributed by atoms with Gasteiger partial charge in [0.1, 0.15) is 11.9 Å². The number of nitrogens with one attached hydrogen (secondary N) is 1. The van der Waals surface area contributed by atoms with Crippen LogP contribution >= 0.6 is 0 Å². The summed E-state index contributed by atoms with van der Waals surface area (Å²) in [6, 6.07) is 14.8. The average molecular weight is 273 g/mol. The van der Waals surface area contributed by atoms with Gasteiger partial charge in [0.25, 0.3) is 0 Å². The molecule has 0 aliphatic carbocycles. The Kier molecular flexibility index (Phi) is 4.85. The molecule has 0 aromatic heterocycles. The van der Waals surface area contributed by atoms with Crippen LogP contribution in [0.4, 0.5) is 4.39 Å². The molecular formula is C16H16FNO2. The van der Waals surface area contributed by atoms with Crippen LogP contribution in [-0.2, 0) is 17.8 Å². The molecule has 2 N–H and O–H groups in total. The SMILES string of the molecule is O=C(O)C(Cc1ccccc1)NCc1ccc(F)cc1. The number of carbonyl (C=O) groups is 1. The molecule has 0 amide bonds. The predicted molar refractivity (Wildman–Crippen MR) is 74.8 cm³/mol. The normalized spacial score (nSPS) is 12.1. The Morgan fingerprint density at radius 2 is 1.70 bits per heavy atom. The molecule has 0 saturated carbocycles. The molecule has 1 unspecified atom stereocenters. The summed E-state index contributed by atoms with van der Waals surface area (Å²) in [5, 5.41) is 12.2. The maximum absolute atomic E-state index is 12.8. The molecule has 0 fully saturated rings. The molecule has 0 bridgehead atoms. The van der Waals surface area contributed by atoms with Gasteiger partial charge in [-0.05, 0) is 29.7 Å². The van der Waals surface area contributed by atoms with Crippen molar-refractivity contribution in [3.63, 3.8) is 0 Å². The first kappa shape index (κ1) is 14.2. The smallest absolute Gasteiger partial charge is 0.321 e. The van der Waals surface area contributed by atoms with Gasteiger partial charge in [-0.1, -0.05) is 42.5 Å². The number of rotatable bonds is 6. The minimum absolute atomic E-state index is 0.298. The zero-order valence-electron chi connectivity index (χ0n) is 10.9. The van der Waals surface area contributed by atoms with Crippen LogP contribution in [-0.4, -0.2) is 17.1 Å². The predicted octanol–water partition coefficient (Wildman–Crippen LogP) is 2.61. The first-order chi connectivity index (χ1) is 9.65. The fraction of sp³-hybridized carbons (Fsp3) is 0.188. The van der Waals surface area contributed by atoms with Gasteiger partial charge in [-0.2, -0.15) is 0 Å². The summed E-state index contributed by atoms with van der Waals surface area (Å²) in [6.45, 7) is 0.393. The third-order valence-electron chi connectivity index (χ3n) is 3.05. The highest BCUT2D eigenvalue weighted by atomic mass is 19.1. The lowest BCUT2D eigenvalue weighted by Crippen LogP contribution is -2.38. The summed E-state index contributed by atoms with van der Waals surface area (Å²) >= 11 is 0. The Morgan fingerprint density at radius 3 is 2.30 bits per heavy atom. The topological polar surface area (TPSA) is 49.3 Å². The Labute approximate surface area is 117 Å². The number of carboxylic acids is 1. The van der Waals surface area contributed by atoms with Crippen LogP contribution in [0.2, 0.25) is 0 Å². The van der Waals surface area contributed by atoms with Crippen LogP contribution in [0.1, 0.15) is 11.1 Å². The minimum atomic E-state index is -0.893. The highest BCUT2D eigenvalue weighted by Crippen LogP contribution is 2.06. The van der Waals surface area contributed by atoms with Crippen molar-refractivity contribution in [3.05, 3.63) is 71.5 Å². The Hall–Kier alpha value is -2.20. The first-order valence-electron chi connectivity index (χ1n) is 6.40. The minimum Gasteiger partial charge on any atom is -0.480 e. The van der Waals surface area contributed by atoms with Gasteiger partial charge in [0, 0.05) is 6.54 Å². The van der Waals surface area contributed by atoms with Crippen molar-refractivity contribution in [3.8, 4) is 0 Å². The second-order valence-corrected chi connectivity index (χ2v) is 4.59. The van der Waals surface area contributed by atoms with E-state index >= 15 is 0 Å². The van der Waals surface area contributed by atoms with E-state index in [-0.39, 0.29) is 5.82 Å². The standard InChI is InChI=1S/C16H16FNO2/c17-14-8-6-13(7-9-14)11-18-15(16(19)20)10-12-4-2-1-3-5-12/h1-9,15,18H,10-11H2,(H,19,20). The third-order valence-corrected chi connectivity index (χ3v) is 3.05. The molecule has 104 valence electrons. The van der Waals surface area contributed by atoms with Crippen molar-refractivity contribution in [2.24, 2.45) is 0 Å². The molecule has 0 heterocycles. The quantitative estimate of drug-likeness (QED) is 0.850. The van der Waals surface area contributed by atoms with Crippen LogP contribution in [0.15, 0.2) is 54.6 Å². The zero-order chi connectivity index (χ0) is 14.4. The molecule has 0 saturated heterocycles. The van der Waals surface area contributed by atoms with Crippen molar-refractivity contribution < 1.29 is 14.3 Å². The Bertz CT molecular complexity index is 554. The van der Waals surface area contributed by atoms with E-state index in [9.17, 15) is 14.3 Å². The van der Waals surface area contributed by atoms with Crippen LogP contribution in [0.5, 0.6) is 0 Å². The van der Waals surface area contributed by atoms with E-state index in [1.165, 1.54) is 12.1 Å². The highest BCUT2D eigenvalue weighted by Gasteiger charge is 2.17. The van der Waals surface area contributed by atoms with E-state index in [4.69, 9.17) is 0 Å². The van der Waals surface area contributed by atoms with E-state index in [1.807, 2.05) is 30.3 Å². The lowest BCUT2D eigenvalue weighted by Gasteiger charge is -2.14. The monoisotopic (exact) mass is 273 g/mol. The molecule has 4 heteroatoms. The summed E-state index contributed by atoms with van der Waals surface area (Å²) in [4.78, 5) is 11.3. The maximum Gasteiger partial charge on any atom is 0.321 e. The van der Waals surface area contributed by atoms with Crippen molar-refractivity contribution in [2.45, 2.75) is 19.0 Å². The van der Waals surface area contributed by atoms with Crippen LogP contribution in [0.3, 0.4) is 0 Å². The van der Waals surface area contributed by atoms with Crippen LogP contribution < -0.4 is 5.32 Å². The summed E-state index contributed by atoms with van der Waals surface area (Å²) in [5.74, 6) is -1.19. The Balaban J connectivity index is 1.96. The summed E-state index contributed by atoms with van der Waals surface area (Å²) < 4.78 is 12.8. The van der Waals surface area contributed by atoms with Gasteiger partial charge in [0.05, 0.1) is 0 Å². The van der Waals surface area contributed by atoms with Crippen LogP contribution in [0, 0.1) is 5.82 Å². The molecule has 0 spiro atoms. The number of halogens is 1. The van der Waals surface area contributed by atoms with Gasteiger partial charge in [0.15, 0.2) is 0 Å². The van der Waals surface area contributed by atoms with Crippen LogP contribution in [0.25, 0.3) is 0 Å². The van der Waals surface area contributed by atoms with E-state index in [0.29, 0.717) is 13.0 Å². The molecule has 0 aliphatic rings. The fourth-order valence-corrected chi connectivity index (χ4v) is 1.94. The fourth-order valence-electron chi connectivity index (χ4n) is 1.94. The van der Waals surface area contributed by atoms with Crippen molar-refractivity contribution in [2.75, 3.05) is 0 Å². The second kappa shape index (κ2) is 6.82. The van der Waals surface area contributed by atoms with Crippen molar-refractivity contribution in [1.82, 2.24) is 5.32 Å². The highest BCUT2D eigenvalue weighted by molar-refractivity contribution is 5.73. The molecule has 2 rings (SSSR count). The van der Waals surface area contributed by atoms with Crippen molar-refractivity contribution >= 4 is 5.97 Å². The van der Waals surface area contributed by atoms with E-state index in [0.717, 1.165) is 11.1 Å². The van der Waals surface area contributed by atoms with E-state index in [2.05, 4.69) is 5.32 Å². The zero-order valence-corrected chi connectivity index (χ0v) is 10.9. The molecule has 0 aliphatic heterocycles. The second-order valence-electron chi connectivity index (χ2n) is 4.59. The molecule has 1 atom stereocenters. The molecule has 2 aromatic carbocycles. The van der Waals surface area contributed by atoms with Gasteiger partial charge in [-0.25, -0.2) is 4.39 Å². The lowest BCUT2D eigenvalue weighted by molar-refractivity contribution is -0.139. The summed E-state index contributed by atoms with van der Waals surface area (Å²) in [6.07, 6.45) is 0.414. The first-order valence-corrected chi connectivity index (χ1v) is 6.40. The number of hydrogen-bond donors (Lipinski definition) is 2. The largest absolute Gasteiger partial charge is 0.480 e. The van der Waals surface area contributed by atoms with Gasteiger partial charge in [0.2, 0.25) is 0 Å². The maximum atomic E-state index is 12.8. The molecule has 20 heavy (non-hydrogen) atoms. The van der Waals surface area contributed by atoms with Gasteiger partial charge in [-0.3, -0.25) is 4.79 Å². The van der Waals surface area contributed by atoms with E-state index in [1.54, 1.807) is 12.1 Å². The number of benzene rings is 2. The number of hydrogen-bond acceptors (Lipinski definition) is 2. The summed E-state index contributed by atoms with van der Waals surface area (Å²) in [5.41, 5.74) is 1.82. The Morgan fingerprint density at radius 1 is 1.05 bits per heavy atom. The molecule has 0 radical (unpaired) electrons. The van der Waals surface area contributed by atoms with Gasteiger partial charge >= 0.3 is 5.97 Å². The summed E-state index contributed by atoms with van der Waals surface area (Å²) in [7, 11) is 0.